The number of piperazine rings is 1. The summed E-state index contributed by atoms with van der Waals surface area (Å²) in [5, 5.41) is 6.80. The molecule has 136 valence electrons. The van der Waals surface area contributed by atoms with Gasteiger partial charge >= 0.3 is 0 Å². The topological polar surface area (TPSA) is 59.3 Å². The summed E-state index contributed by atoms with van der Waals surface area (Å²) in [7, 11) is 0. The second kappa shape index (κ2) is 8.27. The smallest absolute Gasteiger partial charge is 0.138 e. The summed E-state index contributed by atoms with van der Waals surface area (Å²) in [6.45, 7) is 1.99. The fraction of sp³-hybridized carbons (Fsp3) is 0.136. The van der Waals surface area contributed by atoms with Crippen molar-refractivity contribution in [1.82, 2.24) is 15.6 Å². The highest BCUT2D eigenvalue weighted by molar-refractivity contribution is 5.53. The number of nitrogens with one attached hydrogen (secondary N) is 2. The van der Waals surface area contributed by atoms with Gasteiger partial charge in [-0.3, -0.25) is 4.98 Å². The zero-order valence-corrected chi connectivity index (χ0v) is 14.9. The molecule has 0 aliphatic carbocycles. The van der Waals surface area contributed by atoms with Crippen LogP contribution in [0.3, 0.4) is 0 Å². The molecule has 5 nitrogen and oxygen atoms in total. The quantitative estimate of drug-likeness (QED) is 0.725. The summed E-state index contributed by atoms with van der Waals surface area (Å²) in [5.41, 5.74) is 4.22. The molecular formula is C22H21N3O2. The Bertz CT molecular complexity index is 902. The van der Waals surface area contributed by atoms with Gasteiger partial charge in [-0.25, -0.2) is 0 Å². The van der Waals surface area contributed by atoms with Crippen molar-refractivity contribution in [3.8, 4) is 5.75 Å². The lowest BCUT2D eigenvalue weighted by atomic mass is 10.2. The maximum atomic E-state index is 5.77. The fourth-order valence-corrected chi connectivity index (χ4v) is 2.77. The van der Waals surface area contributed by atoms with Crippen LogP contribution in [-0.4, -0.2) is 18.1 Å². The largest absolute Gasteiger partial charge is 0.487 e. The lowest BCUT2D eigenvalue weighted by Gasteiger charge is -2.22. The van der Waals surface area contributed by atoms with Crippen LogP contribution in [0.2, 0.25) is 0 Å². The van der Waals surface area contributed by atoms with Crippen molar-refractivity contribution >= 4 is 12.2 Å². The number of aromatic nitrogens is 1. The fourth-order valence-electron chi connectivity index (χ4n) is 2.77. The van der Waals surface area contributed by atoms with Gasteiger partial charge < -0.3 is 19.8 Å². The number of pyridine rings is 1. The second-order valence-electron chi connectivity index (χ2n) is 6.25. The van der Waals surface area contributed by atoms with Crippen molar-refractivity contribution in [1.29, 1.82) is 0 Å². The summed E-state index contributed by atoms with van der Waals surface area (Å²) >= 11 is 0. The molecule has 4 rings (SSSR count). The minimum atomic E-state index is 0.541. The molecule has 2 aromatic heterocycles. The van der Waals surface area contributed by atoms with Gasteiger partial charge in [0.2, 0.25) is 0 Å². The standard InChI is InChI=1S/C22H21N3O2/c1-2-5-17(6-3-1)16-27-22-9-8-18(25-15-22)11-19-13-24-20(14-23-19)12-21-7-4-10-26-21/h1-12,15,23-24H,13-14,16H2. The van der Waals surface area contributed by atoms with Gasteiger partial charge in [0.15, 0.2) is 0 Å². The molecule has 0 unspecified atom stereocenters. The van der Waals surface area contributed by atoms with Crippen molar-refractivity contribution in [2.75, 3.05) is 13.1 Å². The zero-order chi connectivity index (χ0) is 18.3. The first kappa shape index (κ1) is 17.0. The molecule has 0 amide bonds. The van der Waals surface area contributed by atoms with Crippen LogP contribution >= 0.6 is 0 Å². The van der Waals surface area contributed by atoms with Gasteiger partial charge in [0.25, 0.3) is 0 Å². The minimum absolute atomic E-state index is 0.541. The zero-order valence-electron chi connectivity index (χ0n) is 14.9. The molecule has 1 aromatic carbocycles. The Kier molecular flexibility index (Phi) is 5.20. The molecule has 27 heavy (non-hydrogen) atoms. The van der Waals surface area contributed by atoms with Crippen molar-refractivity contribution in [3.05, 3.63) is 95.5 Å². The average molecular weight is 359 g/mol. The molecule has 1 aliphatic heterocycles. The molecule has 0 radical (unpaired) electrons. The van der Waals surface area contributed by atoms with Crippen LogP contribution in [0.15, 0.2) is 82.9 Å². The first-order chi connectivity index (χ1) is 13.3. The van der Waals surface area contributed by atoms with E-state index in [1.165, 1.54) is 0 Å². The molecule has 5 heteroatoms. The van der Waals surface area contributed by atoms with E-state index >= 15 is 0 Å². The second-order valence-corrected chi connectivity index (χ2v) is 6.25. The SMILES string of the molecule is C(=C1CNC(=Cc2ccco2)CN1)c1ccc(OCc2ccccc2)cn1. The molecule has 0 atom stereocenters. The average Bonchev–Trinajstić information content (AvgIpc) is 3.23. The first-order valence-corrected chi connectivity index (χ1v) is 8.90. The predicted molar refractivity (Wildman–Crippen MR) is 106 cm³/mol. The van der Waals surface area contributed by atoms with E-state index in [2.05, 4.69) is 15.6 Å². The highest BCUT2D eigenvalue weighted by atomic mass is 16.5. The molecule has 3 heterocycles. The highest BCUT2D eigenvalue weighted by Gasteiger charge is 2.09. The third-order valence-corrected chi connectivity index (χ3v) is 4.20. The molecule has 0 saturated carbocycles. The van der Waals surface area contributed by atoms with E-state index in [0.717, 1.165) is 47.3 Å². The maximum Gasteiger partial charge on any atom is 0.138 e. The van der Waals surface area contributed by atoms with Gasteiger partial charge in [0.05, 0.1) is 31.2 Å². The third kappa shape index (κ3) is 4.79. The summed E-state index contributed by atoms with van der Waals surface area (Å²) < 4.78 is 11.1. The Balaban J connectivity index is 1.32. The number of furan rings is 1. The van der Waals surface area contributed by atoms with Gasteiger partial charge in [-0.1, -0.05) is 30.3 Å². The van der Waals surface area contributed by atoms with Gasteiger partial charge in [0, 0.05) is 17.5 Å². The third-order valence-electron chi connectivity index (χ3n) is 4.20. The van der Waals surface area contributed by atoms with Crippen LogP contribution in [0, 0.1) is 0 Å². The first-order valence-electron chi connectivity index (χ1n) is 8.90. The Labute approximate surface area is 158 Å². The van der Waals surface area contributed by atoms with Crippen LogP contribution in [0.25, 0.3) is 12.2 Å². The van der Waals surface area contributed by atoms with E-state index in [4.69, 9.17) is 9.15 Å². The molecule has 0 spiro atoms. The molecule has 2 N–H and O–H groups in total. The summed E-state index contributed by atoms with van der Waals surface area (Å²) in [4.78, 5) is 4.47. The van der Waals surface area contributed by atoms with E-state index < -0.39 is 0 Å². The normalized spacial score (nSPS) is 16.7. The number of hydrogen-bond donors (Lipinski definition) is 2. The van der Waals surface area contributed by atoms with E-state index in [1.54, 1.807) is 12.5 Å². The van der Waals surface area contributed by atoms with Gasteiger partial charge in [0.1, 0.15) is 18.1 Å². The molecule has 1 aliphatic rings. The molecule has 3 aromatic rings. The number of ether oxygens (including phenoxy) is 1. The Morgan fingerprint density at radius 2 is 1.74 bits per heavy atom. The van der Waals surface area contributed by atoms with Gasteiger partial charge in [-0.2, -0.15) is 0 Å². The van der Waals surface area contributed by atoms with E-state index in [9.17, 15) is 0 Å². The van der Waals surface area contributed by atoms with Crippen LogP contribution in [0.5, 0.6) is 5.75 Å². The van der Waals surface area contributed by atoms with Crippen LogP contribution in [0.4, 0.5) is 0 Å². The minimum Gasteiger partial charge on any atom is -0.487 e. The van der Waals surface area contributed by atoms with Crippen LogP contribution in [0.1, 0.15) is 17.0 Å². The highest BCUT2D eigenvalue weighted by Crippen LogP contribution is 2.14. The molecule has 1 saturated heterocycles. The molecular weight excluding hydrogens is 338 g/mol. The lowest BCUT2D eigenvalue weighted by Crippen LogP contribution is -2.36. The number of benzene rings is 1. The van der Waals surface area contributed by atoms with Gasteiger partial charge in [-0.15, -0.1) is 0 Å². The summed E-state index contributed by atoms with van der Waals surface area (Å²) in [6.07, 6.45) is 7.47. The van der Waals surface area contributed by atoms with Crippen molar-refractivity contribution in [2.24, 2.45) is 0 Å². The summed E-state index contributed by atoms with van der Waals surface area (Å²) in [6, 6.07) is 17.8. The molecule has 0 bridgehead atoms. The van der Waals surface area contributed by atoms with E-state index in [1.807, 2.05) is 66.7 Å². The predicted octanol–water partition coefficient (Wildman–Crippen LogP) is 3.83. The Morgan fingerprint density at radius 3 is 2.41 bits per heavy atom. The molecule has 1 fully saturated rings. The van der Waals surface area contributed by atoms with Crippen molar-refractivity contribution < 1.29 is 9.15 Å². The van der Waals surface area contributed by atoms with Crippen molar-refractivity contribution in [3.63, 3.8) is 0 Å². The monoisotopic (exact) mass is 359 g/mol. The number of hydrogen-bond acceptors (Lipinski definition) is 5. The lowest BCUT2D eigenvalue weighted by molar-refractivity contribution is 0.305. The van der Waals surface area contributed by atoms with Gasteiger partial charge in [-0.05, 0) is 35.9 Å². The Morgan fingerprint density at radius 1 is 0.926 bits per heavy atom. The van der Waals surface area contributed by atoms with Crippen LogP contribution in [-0.2, 0) is 6.61 Å². The van der Waals surface area contributed by atoms with E-state index in [0.29, 0.717) is 6.61 Å². The van der Waals surface area contributed by atoms with E-state index in [-0.39, 0.29) is 0 Å². The Hall–Kier alpha value is -3.47. The maximum absolute atomic E-state index is 5.77. The number of nitrogens with zero attached hydrogens (tertiary/aromatic N) is 1. The van der Waals surface area contributed by atoms with Crippen LogP contribution < -0.4 is 15.4 Å². The number of rotatable bonds is 5. The summed E-state index contributed by atoms with van der Waals surface area (Å²) in [5.74, 6) is 1.61. The van der Waals surface area contributed by atoms with Crippen molar-refractivity contribution in [2.45, 2.75) is 6.61 Å².